The van der Waals surface area contributed by atoms with Crippen LogP contribution in [0.2, 0.25) is 0 Å². The van der Waals surface area contributed by atoms with Crippen molar-refractivity contribution in [1.29, 1.82) is 0 Å². The summed E-state index contributed by atoms with van der Waals surface area (Å²) in [5.41, 5.74) is -0.143. The number of hydrogen-bond donors (Lipinski definition) is 1. The molecular formula is C18H27FN2O4S. The van der Waals surface area contributed by atoms with Gasteiger partial charge in [0.1, 0.15) is 11.4 Å². The van der Waals surface area contributed by atoms with E-state index in [-0.39, 0.29) is 11.7 Å². The molecule has 0 aliphatic carbocycles. The van der Waals surface area contributed by atoms with Gasteiger partial charge >= 0.3 is 6.09 Å². The predicted octanol–water partition coefficient (Wildman–Crippen LogP) is 2.89. The van der Waals surface area contributed by atoms with Gasteiger partial charge in [-0.1, -0.05) is 12.1 Å². The standard InChI is InChI=1S/C18H27FN2O4S/c1-18(2,3)25-17(22)20-11-15-7-5-9-21(12-15)26(23,24)13-14-6-4-8-16(19)10-14/h4,6,8,10,15H,5,7,9,11-13H2,1-3H3,(H,20,22). The molecule has 0 aromatic heterocycles. The maximum atomic E-state index is 13.3. The van der Waals surface area contributed by atoms with E-state index in [0.29, 0.717) is 25.2 Å². The van der Waals surface area contributed by atoms with Gasteiger partial charge in [-0.2, -0.15) is 0 Å². The third-order valence-corrected chi connectivity index (χ3v) is 5.86. The molecule has 146 valence electrons. The van der Waals surface area contributed by atoms with Crippen LogP contribution in [0.3, 0.4) is 0 Å². The molecule has 0 saturated carbocycles. The van der Waals surface area contributed by atoms with Gasteiger partial charge in [0.2, 0.25) is 10.0 Å². The first kappa shape index (κ1) is 20.6. The average Bonchev–Trinajstić information content (AvgIpc) is 2.51. The number of rotatable bonds is 5. The Labute approximate surface area is 154 Å². The fraction of sp³-hybridized carbons (Fsp3) is 0.611. The van der Waals surface area contributed by atoms with E-state index >= 15 is 0 Å². The van der Waals surface area contributed by atoms with Gasteiger partial charge in [0, 0.05) is 19.6 Å². The molecule has 1 aliphatic rings. The van der Waals surface area contributed by atoms with Gasteiger partial charge in [0.15, 0.2) is 0 Å². The van der Waals surface area contributed by atoms with Crippen LogP contribution in [0.4, 0.5) is 9.18 Å². The second kappa shape index (κ2) is 8.35. The smallest absolute Gasteiger partial charge is 0.407 e. The summed E-state index contributed by atoms with van der Waals surface area (Å²) in [6.45, 7) is 6.50. The fourth-order valence-electron chi connectivity index (χ4n) is 2.92. The van der Waals surface area contributed by atoms with Gasteiger partial charge in [-0.25, -0.2) is 21.9 Å². The highest BCUT2D eigenvalue weighted by Gasteiger charge is 2.29. The lowest BCUT2D eigenvalue weighted by Crippen LogP contribution is -2.44. The second-order valence-corrected chi connectivity index (χ2v) is 9.60. The monoisotopic (exact) mass is 386 g/mol. The molecule has 1 heterocycles. The molecule has 0 spiro atoms. The lowest BCUT2D eigenvalue weighted by atomic mass is 10.00. The van der Waals surface area contributed by atoms with Gasteiger partial charge < -0.3 is 10.1 Å². The molecule has 8 heteroatoms. The summed E-state index contributed by atoms with van der Waals surface area (Å²) in [5, 5.41) is 2.71. The lowest BCUT2D eigenvalue weighted by Gasteiger charge is -2.32. The van der Waals surface area contributed by atoms with Gasteiger partial charge in [-0.05, 0) is 57.2 Å². The molecule has 1 aromatic carbocycles. The zero-order chi connectivity index (χ0) is 19.4. The van der Waals surface area contributed by atoms with Crippen molar-refractivity contribution in [2.45, 2.75) is 45.0 Å². The van der Waals surface area contributed by atoms with Crippen LogP contribution in [-0.2, 0) is 20.5 Å². The molecule has 0 radical (unpaired) electrons. The highest BCUT2D eigenvalue weighted by Crippen LogP contribution is 2.21. The molecule has 6 nitrogen and oxygen atoms in total. The Hall–Kier alpha value is -1.67. The molecule has 1 N–H and O–H groups in total. The van der Waals surface area contributed by atoms with E-state index in [2.05, 4.69) is 5.32 Å². The number of halogens is 1. The molecule has 1 fully saturated rings. The maximum absolute atomic E-state index is 13.3. The SMILES string of the molecule is CC(C)(C)OC(=O)NCC1CCCN(S(=O)(=O)Cc2cccc(F)c2)C1. The number of nitrogens with zero attached hydrogens (tertiary/aromatic N) is 1. The Kier molecular flexibility index (Phi) is 6.63. The molecule has 1 amide bonds. The summed E-state index contributed by atoms with van der Waals surface area (Å²) in [4.78, 5) is 11.8. The molecular weight excluding hydrogens is 359 g/mol. The summed E-state index contributed by atoms with van der Waals surface area (Å²) in [6, 6.07) is 5.63. The van der Waals surface area contributed by atoms with Crippen molar-refractivity contribution in [3.8, 4) is 0 Å². The van der Waals surface area contributed by atoms with Crippen molar-refractivity contribution in [2.75, 3.05) is 19.6 Å². The molecule has 2 rings (SSSR count). The minimum absolute atomic E-state index is 0.0264. The summed E-state index contributed by atoms with van der Waals surface area (Å²) >= 11 is 0. The quantitative estimate of drug-likeness (QED) is 0.844. The lowest BCUT2D eigenvalue weighted by molar-refractivity contribution is 0.0513. The van der Waals surface area contributed by atoms with Crippen molar-refractivity contribution in [3.05, 3.63) is 35.6 Å². The molecule has 1 aromatic rings. The van der Waals surface area contributed by atoms with E-state index in [1.807, 2.05) is 0 Å². The normalized spacial score (nSPS) is 19.2. The second-order valence-electron chi connectivity index (χ2n) is 7.64. The molecule has 1 saturated heterocycles. The van der Waals surface area contributed by atoms with Crippen molar-refractivity contribution < 1.29 is 22.3 Å². The van der Waals surface area contributed by atoms with Crippen LogP contribution in [0.15, 0.2) is 24.3 Å². The minimum Gasteiger partial charge on any atom is -0.444 e. The van der Waals surface area contributed by atoms with Gasteiger partial charge in [-0.3, -0.25) is 0 Å². The number of sulfonamides is 1. The predicted molar refractivity (Wildman–Crippen MR) is 97.6 cm³/mol. The number of carbonyl (C=O) groups is 1. The first-order chi connectivity index (χ1) is 12.0. The minimum atomic E-state index is -3.53. The van der Waals surface area contributed by atoms with E-state index in [1.165, 1.54) is 22.5 Å². The Morgan fingerprint density at radius 3 is 2.77 bits per heavy atom. The van der Waals surface area contributed by atoms with Crippen molar-refractivity contribution >= 4 is 16.1 Å². The van der Waals surface area contributed by atoms with Crippen LogP contribution >= 0.6 is 0 Å². The number of alkyl carbamates (subject to hydrolysis) is 1. The van der Waals surface area contributed by atoms with E-state index in [4.69, 9.17) is 4.74 Å². The van der Waals surface area contributed by atoms with Gasteiger partial charge in [0.05, 0.1) is 5.75 Å². The van der Waals surface area contributed by atoms with Crippen molar-refractivity contribution in [1.82, 2.24) is 9.62 Å². The van der Waals surface area contributed by atoms with Gasteiger partial charge in [-0.15, -0.1) is 0 Å². The first-order valence-electron chi connectivity index (χ1n) is 8.74. The number of nitrogens with one attached hydrogen (secondary N) is 1. The third-order valence-electron chi connectivity index (χ3n) is 4.05. The summed E-state index contributed by atoms with van der Waals surface area (Å²) in [7, 11) is -3.53. The van der Waals surface area contributed by atoms with Crippen molar-refractivity contribution in [3.63, 3.8) is 0 Å². The molecule has 1 atom stereocenters. The van der Waals surface area contributed by atoms with Crippen LogP contribution in [0.1, 0.15) is 39.2 Å². The van der Waals surface area contributed by atoms with Crippen LogP contribution in [0.5, 0.6) is 0 Å². The third kappa shape index (κ3) is 6.57. The zero-order valence-corrected chi connectivity index (χ0v) is 16.3. The topological polar surface area (TPSA) is 75.7 Å². The molecule has 1 unspecified atom stereocenters. The maximum Gasteiger partial charge on any atom is 0.407 e. The summed E-state index contributed by atoms with van der Waals surface area (Å²) in [5.74, 6) is -0.647. The number of hydrogen-bond acceptors (Lipinski definition) is 4. The Morgan fingerprint density at radius 2 is 2.12 bits per heavy atom. The Bertz CT molecular complexity index is 731. The van der Waals surface area contributed by atoms with Gasteiger partial charge in [0.25, 0.3) is 0 Å². The van der Waals surface area contributed by atoms with E-state index < -0.39 is 27.5 Å². The molecule has 1 aliphatic heterocycles. The average molecular weight is 386 g/mol. The summed E-state index contributed by atoms with van der Waals surface area (Å²) < 4.78 is 45.2. The number of amides is 1. The number of benzene rings is 1. The summed E-state index contributed by atoms with van der Waals surface area (Å²) in [6.07, 6.45) is 1.06. The Morgan fingerprint density at radius 1 is 1.38 bits per heavy atom. The highest BCUT2D eigenvalue weighted by atomic mass is 32.2. The van der Waals surface area contributed by atoms with Crippen LogP contribution in [0.25, 0.3) is 0 Å². The zero-order valence-electron chi connectivity index (χ0n) is 15.5. The van der Waals surface area contributed by atoms with Crippen LogP contribution in [0, 0.1) is 11.7 Å². The van der Waals surface area contributed by atoms with Crippen LogP contribution < -0.4 is 5.32 Å². The Balaban J connectivity index is 1.91. The molecule has 26 heavy (non-hydrogen) atoms. The molecule has 0 bridgehead atoms. The van der Waals surface area contributed by atoms with E-state index in [1.54, 1.807) is 26.8 Å². The highest BCUT2D eigenvalue weighted by molar-refractivity contribution is 7.88. The first-order valence-corrected chi connectivity index (χ1v) is 10.4. The number of piperidine rings is 1. The largest absolute Gasteiger partial charge is 0.444 e. The number of ether oxygens (including phenoxy) is 1. The van der Waals surface area contributed by atoms with Crippen LogP contribution in [-0.4, -0.2) is 44.1 Å². The number of carbonyl (C=O) groups excluding carboxylic acids is 1. The van der Waals surface area contributed by atoms with E-state index in [0.717, 1.165) is 12.8 Å². The fourth-order valence-corrected chi connectivity index (χ4v) is 4.55. The van der Waals surface area contributed by atoms with E-state index in [9.17, 15) is 17.6 Å². The van der Waals surface area contributed by atoms with Crippen molar-refractivity contribution in [2.24, 2.45) is 5.92 Å².